The normalized spacial score (nSPS) is 20.4. The fourth-order valence-corrected chi connectivity index (χ4v) is 2.80. The number of anilines is 1. The highest BCUT2D eigenvalue weighted by Gasteiger charge is 2.22. The maximum absolute atomic E-state index is 11.5. The highest BCUT2D eigenvalue weighted by atomic mass is 79.9. The monoisotopic (exact) mass is 297 g/mol. The number of benzene rings is 1. The molecule has 0 aliphatic carbocycles. The van der Waals surface area contributed by atoms with Crippen molar-refractivity contribution < 1.29 is 4.79 Å². The summed E-state index contributed by atoms with van der Waals surface area (Å²) in [7, 11) is 0. The molecule has 1 saturated heterocycles. The predicted molar refractivity (Wildman–Crippen MR) is 72.1 cm³/mol. The van der Waals surface area contributed by atoms with Crippen molar-refractivity contribution in [2.45, 2.75) is 18.9 Å². The molecule has 0 aromatic heterocycles. The van der Waals surface area contributed by atoms with Crippen LogP contribution >= 0.6 is 15.9 Å². The summed E-state index contributed by atoms with van der Waals surface area (Å²) < 4.78 is 0.738. The predicted octanol–water partition coefficient (Wildman–Crippen LogP) is 1.48. The lowest BCUT2D eigenvalue weighted by molar-refractivity contribution is 0.1000. The van der Waals surface area contributed by atoms with Gasteiger partial charge in [0.05, 0.1) is 11.3 Å². The third-order valence-corrected chi connectivity index (χ3v) is 3.70. The quantitative estimate of drug-likeness (QED) is 0.868. The van der Waals surface area contributed by atoms with Crippen LogP contribution in [0.2, 0.25) is 0 Å². The molecule has 0 unspecified atom stereocenters. The van der Waals surface area contributed by atoms with Gasteiger partial charge in [0.15, 0.2) is 0 Å². The van der Waals surface area contributed by atoms with Gasteiger partial charge < -0.3 is 16.4 Å². The number of rotatable bonds is 2. The number of hydrogen-bond acceptors (Lipinski definition) is 3. The van der Waals surface area contributed by atoms with Gasteiger partial charge in [0.25, 0.3) is 5.91 Å². The summed E-state index contributed by atoms with van der Waals surface area (Å²) in [5.74, 6) is -0.411. The molecule has 1 heterocycles. The lowest BCUT2D eigenvalue weighted by atomic mass is 10.0. The van der Waals surface area contributed by atoms with E-state index in [0.29, 0.717) is 5.56 Å². The molecule has 1 aromatic rings. The van der Waals surface area contributed by atoms with Gasteiger partial charge in [-0.05, 0) is 40.9 Å². The average Bonchev–Trinajstić information content (AvgIpc) is 2.28. The minimum Gasteiger partial charge on any atom is -0.369 e. The van der Waals surface area contributed by atoms with E-state index < -0.39 is 5.91 Å². The molecule has 4 N–H and O–H groups in total. The second-order valence-electron chi connectivity index (χ2n) is 4.35. The van der Waals surface area contributed by atoms with Crippen molar-refractivity contribution in [2.24, 2.45) is 11.5 Å². The van der Waals surface area contributed by atoms with Gasteiger partial charge in [-0.3, -0.25) is 4.79 Å². The fourth-order valence-electron chi connectivity index (χ4n) is 2.25. The van der Waals surface area contributed by atoms with Gasteiger partial charge in [-0.1, -0.05) is 6.07 Å². The maximum atomic E-state index is 11.5. The Morgan fingerprint density at radius 2 is 2.24 bits per heavy atom. The number of piperidine rings is 1. The minimum absolute atomic E-state index is 0.170. The third-order valence-electron chi connectivity index (χ3n) is 3.04. The van der Waals surface area contributed by atoms with E-state index >= 15 is 0 Å². The number of nitrogens with two attached hydrogens (primary N) is 2. The zero-order chi connectivity index (χ0) is 12.4. The number of amides is 1. The smallest absolute Gasteiger partial charge is 0.251 e. The first-order chi connectivity index (χ1) is 8.09. The zero-order valence-electron chi connectivity index (χ0n) is 9.53. The molecular formula is C12H16BrN3O. The molecule has 1 atom stereocenters. The van der Waals surface area contributed by atoms with Crippen LogP contribution in [0.25, 0.3) is 0 Å². The molecule has 0 spiro atoms. The molecule has 0 radical (unpaired) electrons. The Bertz CT molecular complexity index is 436. The van der Waals surface area contributed by atoms with Crippen molar-refractivity contribution in [3.63, 3.8) is 0 Å². The largest absolute Gasteiger partial charge is 0.369 e. The van der Waals surface area contributed by atoms with Crippen molar-refractivity contribution in [3.8, 4) is 0 Å². The summed E-state index contributed by atoms with van der Waals surface area (Å²) in [6, 6.07) is 5.82. The van der Waals surface area contributed by atoms with E-state index in [1.807, 2.05) is 18.2 Å². The van der Waals surface area contributed by atoms with Gasteiger partial charge in [0.1, 0.15) is 0 Å². The van der Waals surface area contributed by atoms with Crippen LogP contribution in [-0.4, -0.2) is 25.0 Å². The van der Waals surface area contributed by atoms with Crippen LogP contribution in [0.4, 0.5) is 5.69 Å². The summed E-state index contributed by atoms with van der Waals surface area (Å²) in [5.41, 5.74) is 12.8. The highest BCUT2D eigenvalue weighted by Crippen LogP contribution is 2.29. The van der Waals surface area contributed by atoms with Crippen LogP contribution in [-0.2, 0) is 0 Å². The Morgan fingerprint density at radius 1 is 1.47 bits per heavy atom. The Morgan fingerprint density at radius 3 is 2.88 bits per heavy atom. The molecule has 17 heavy (non-hydrogen) atoms. The lowest BCUT2D eigenvalue weighted by Crippen LogP contribution is -2.43. The van der Waals surface area contributed by atoms with Crippen molar-refractivity contribution in [2.75, 3.05) is 18.0 Å². The van der Waals surface area contributed by atoms with Crippen LogP contribution in [0.5, 0.6) is 0 Å². The second kappa shape index (κ2) is 5.06. The van der Waals surface area contributed by atoms with Crippen molar-refractivity contribution in [1.29, 1.82) is 0 Å². The molecule has 1 amide bonds. The number of hydrogen-bond donors (Lipinski definition) is 2. The molecule has 0 saturated carbocycles. The van der Waals surface area contributed by atoms with Crippen molar-refractivity contribution >= 4 is 27.5 Å². The van der Waals surface area contributed by atoms with Gasteiger partial charge in [0, 0.05) is 23.6 Å². The zero-order valence-corrected chi connectivity index (χ0v) is 11.1. The molecule has 1 aliphatic heterocycles. The van der Waals surface area contributed by atoms with Crippen LogP contribution in [0.15, 0.2) is 22.7 Å². The summed E-state index contributed by atoms with van der Waals surface area (Å²) in [5, 5.41) is 0. The fraction of sp³-hybridized carbons (Fsp3) is 0.417. The van der Waals surface area contributed by atoms with Crippen LogP contribution in [0, 0.1) is 0 Å². The van der Waals surface area contributed by atoms with Crippen LogP contribution in [0.3, 0.4) is 0 Å². The van der Waals surface area contributed by atoms with Gasteiger partial charge in [-0.25, -0.2) is 0 Å². The standard InChI is InChI=1S/C12H16BrN3O/c13-9-4-1-5-10(11(9)12(15)17)16-6-2-3-8(14)7-16/h1,4-5,8H,2-3,6-7,14H2,(H2,15,17)/t8-/m1/s1. The Labute approximate surface area is 109 Å². The summed E-state index contributed by atoms with van der Waals surface area (Å²) in [4.78, 5) is 13.6. The number of carbonyl (C=O) groups excluding carboxylic acids is 1. The van der Waals surface area contributed by atoms with E-state index in [9.17, 15) is 4.79 Å². The summed E-state index contributed by atoms with van der Waals surface area (Å²) in [6.45, 7) is 1.70. The first-order valence-electron chi connectivity index (χ1n) is 5.68. The summed E-state index contributed by atoms with van der Waals surface area (Å²) >= 11 is 3.37. The minimum atomic E-state index is -0.411. The Kier molecular flexibility index (Phi) is 3.69. The molecule has 1 fully saturated rings. The number of halogens is 1. The van der Waals surface area contributed by atoms with Gasteiger partial charge in [0.2, 0.25) is 0 Å². The van der Waals surface area contributed by atoms with E-state index in [1.165, 1.54) is 0 Å². The topological polar surface area (TPSA) is 72.4 Å². The van der Waals surface area contributed by atoms with Crippen molar-refractivity contribution in [1.82, 2.24) is 0 Å². The molecule has 92 valence electrons. The molecule has 4 nitrogen and oxygen atoms in total. The van der Waals surface area contributed by atoms with Crippen LogP contribution < -0.4 is 16.4 Å². The molecule has 0 bridgehead atoms. The second-order valence-corrected chi connectivity index (χ2v) is 5.20. The summed E-state index contributed by atoms with van der Waals surface area (Å²) in [6.07, 6.45) is 2.09. The first-order valence-corrected chi connectivity index (χ1v) is 6.47. The molecule has 2 rings (SSSR count). The van der Waals surface area contributed by atoms with Crippen LogP contribution in [0.1, 0.15) is 23.2 Å². The molecular weight excluding hydrogens is 282 g/mol. The highest BCUT2D eigenvalue weighted by molar-refractivity contribution is 9.10. The number of nitrogens with zero attached hydrogens (tertiary/aromatic N) is 1. The van der Waals surface area contributed by atoms with Gasteiger partial charge >= 0.3 is 0 Å². The number of carbonyl (C=O) groups is 1. The van der Waals surface area contributed by atoms with E-state index in [-0.39, 0.29) is 6.04 Å². The first kappa shape index (κ1) is 12.4. The molecule has 1 aliphatic rings. The van der Waals surface area contributed by atoms with E-state index in [2.05, 4.69) is 20.8 Å². The number of primary amides is 1. The van der Waals surface area contributed by atoms with E-state index in [4.69, 9.17) is 11.5 Å². The molecule has 5 heteroatoms. The van der Waals surface area contributed by atoms with E-state index in [0.717, 1.165) is 36.1 Å². The maximum Gasteiger partial charge on any atom is 0.251 e. The third kappa shape index (κ3) is 2.61. The van der Waals surface area contributed by atoms with Crippen molar-refractivity contribution in [3.05, 3.63) is 28.2 Å². The van der Waals surface area contributed by atoms with E-state index in [1.54, 1.807) is 0 Å². The Balaban J connectivity index is 2.37. The lowest BCUT2D eigenvalue weighted by Gasteiger charge is -2.33. The Hall–Kier alpha value is -1.07. The SMILES string of the molecule is NC(=O)c1c(Br)cccc1N1CCC[C@@H](N)C1. The van der Waals surface area contributed by atoms with Gasteiger partial charge in [-0.2, -0.15) is 0 Å². The van der Waals surface area contributed by atoms with Gasteiger partial charge in [-0.15, -0.1) is 0 Å². The molecule has 1 aromatic carbocycles. The average molecular weight is 298 g/mol.